The van der Waals surface area contributed by atoms with Crippen LogP contribution in [0.15, 0.2) is 18.2 Å². The van der Waals surface area contributed by atoms with Gasteiger partial charge < -0.3 is 9.47 Å². The van der Waals surface area contributed by atoms with Gasteiger partial charge in [0.15, 0.2) is 0 Å². The van der Waals surface area contributed by atoms with E-state index in [0.29, 0.717) is 11.5 Å². The number of benzene rings is 1. The second-order valence-corrected chi connectivity index (χ2v) is 3.83. The molecule has 1 aromatic rings. The number of alkyl halides is 3. The molecule has 0 radical (unpaired) electrons. The summed E-state index contributed by atoms with van der Waals surface area (Å²) in [5, 5.41) is 0. The highest BCUT2D eigenvalue weighted by Gasteiger charge is 2.26. The quantitative estimate of drug-likeness (QED) is 0.753. The molecule has 0 aliphatic carbocycles. The van der Waals surface area contributed by atoms with E-state index in [9.17, 15) is 4.39 Å². The van der Waals surface area contributed by atoms with E-state index in [-0.39, 0.29) is 5.56 Å². The zero-order valence-corrected chi connectivity index (χ0v) is 9.19. The number of ether oxygens (including phenoxy) is 2. The van der Waals surface area contributed by atoms with Crippen LogP contribution in [0.3, 0.4) is 0 Å². The maximum absolute atomic E-state index is 13.2. The van der Waals surface area contributed by atoms with Crippen LogP contribution in [0.5, 0.6) is 11.5 Å². The van der Waals surface area contributed by atoms with E-state index < -0.39 is 4.59 Å². The maximum Gasteiger partial charge on any atom is 0.283 e. The lowest BCUT2D eigenvalue weighted by Crippen LogP contribution is -2.02. The molecule has 0 saturated carbocycles. The molecule has 5 heteroatoms. The van der Waals surface area contributed by atoms with Gasteiger partial charge in [0, 0.05) is 11.6 Å². The van der Waals surface area contributed by atoms with E-state index in [2.05, 4.69) is 0 Å². The van der Waals surface area contributed by atoms with Crippen LogP contribution in [-0.2, 0) is 4.59 Å². The fourth-order valence-electron chi connectivity index (χ4n) is 0.971. The molecular weight excluding hydrogens is 230 g/mol. The Morgan fingerprint density at radius 3 is 1.79 bits per heavy atom. The number of methoxy groups -OCH3 is 2. The van der Waals surface area contributed by atoms with Crippen molar-refractivity contribution in [1.29, 1.82) is 0 Å². The van der Waals surface area contributed by atoms with Gasteiger partial charge in [-0.05, 0) is 12.1 Å². The summed E-state index contributed by atoms with van der Waals surface area (Å²) < 4.78 is 20.6. The molecule has 14 heavy (non-hydrogen) atoms. The molecule has 0 fully saturated rings. The molecule has 2 nitrogen and oxygen atoms in total. The van der Waals surface area contributed by atoms with Crippen LogP contribution in [0.2, 0.25) is 0 Å². The third-order valence-electron chi connectivity index (χ3n) is 1.68. The van der Waals surface area contributed by atoms with Crippen molar-refractivity contribution in [3.63, 3.8) is 0 Å². The smallest absolute Gasteiger partial charge is 0.283 e. The number of hydrogen-bond acceptors (Lipinski definition) is 2. The lowest BCUT2D eigenvalue weighted by molar-refractivity contribution is 0.378. The van der Waals surface area contributed by atoms with Crippen molar-refractivity contribution in [3.05, 3.63) is 23.8 Å². The Balaban J connectivity index is 3.17. The zero-order valence-electron chi connectivity index (χ0n) is 7.68. The third kappa shape index (κ3) is 2.66. The first kappa shape index (κ1) is 11.4. The van der Waals surface area contributed by atoms with Crippen molar-refractivity contribution in [2.45, 2.75) is 4.59 Å². The lowest BCUT2D eigenvalue weighted by Gasteiger charge is -2.12. The Bertz CT molecular complexity index is 301. The van der Waals surface area contributed by atoms with Crippen LogP contribution in [0.4, 0.5) is 4.39 Å². The van der Waals surface area contributed by atoms with Crippen molar-refractivity contribution in [1.82, 2.24) is 0 Å². The van der Waals surface area contributed by atoms with Gasteiger partial charge in [0.1, 0.15) is 11.5 Å². The van der Waals surface area contributed by atoms with Crippen molar-refractivity contribution in [3.8, 4) is 11.5 Å². The molecule has 1 rings (SSSR count). The fraction of sp³-hybridized carbons (Fsp3) is 0.333. The minimum absolute atomic E-state index is 0.0806. The molecule has 0 spiro atoms. The second-order valence-electron chi connectivity index (χ2n) is 2.60. The number of halogens is 3. The minimum atomic E-state index is -2.44. The Morgan fingerprint density at radius 1 is 1.07 bits per heavy atom. The average molecular weight is 239 g/mol. The van der Waals surface area contributed by atoms with Gasteiger partial charge in [-0.1, -0.05) is 23.2 Å². The van der Waals surface area contributed by atoms with Crippen molar-refractivity contribution in [2.24, 2.45) is 0 Å². The zero-order chi connectivity index (χ0) is 10.8. The minimum Gasteiger partial charge on any atom is -0.497 e. The molecule has 1 aromatic carbocycles. The molecule has 0 saturated heterocycles. The summed E-state index contributed by atoms with van der Waals surface area (Å²) in [5.74, 6) is 0.866. The van der Waals surface area contributed by atoms with Crippen LogP contribution < -0.4 is 9.47 Å². The molecule has 0 N–H and O–H groups in total. The van der Waals surface area contributed by atoms with Crippen molar-refractivity contribution in [2.75, 3.05) is 14.2 Å². The summed E-state index contributed by atoms with van der Waals surface area (Å²) in [6.07, 6.45) is 0. The monoisotopic (exact) mass is 238 g/mol. The van der Waals surface area contributed by atoms with Gasteiger partial charge >= 0.3 is 0 Å². The van der Waals surface area contributed by atoms with Crippen LogP contribution in [0.25, 0.3) is 0 Å². The maximum atomic E-state index is 13.2. The van der Waals surface area contributed by atoms with Gasteiger partial charge in [0.05, 0.1) is 14.2 Å². The molecule has 0 amide bonds. The van der Waals surface area contributed by atoms with Crippen LogP contribution in [0, 0.1) is 0 Å². The van der Waals surface area contributed by atoms with Crippen LogP contribution in [-0.4, -0.2) is 14.2 Å². The summed E-state index contributed by atoms with van der Waals surface area (Å²) in [7, 11) is 2.92. The summed E-state index contributed by atoms with van der Waals surface area (Å²) in [5.41, 5.74) is 0.0806. The van der Waals surface area contributed by atoms with E-state index in [1.165, 1.54) is 26.4 Å². The molecule has 0 bridgehead atoms. The standard InChI is InChI=1S/C9H9Cl2FO2/c1-13-7-3-6(9(10,11)12)4-8(5-7)14-2/h3-5H,1-2H3. The molecule has 0 heterocycles. The highest BCUT2D eigenvalue weighted by Crippen LogP contribution is 2.38. The first-order chi connectivity index (χ1) is 6.47. The summed E-state index contributed by atoms with van der Waals surface area (Å²) >= 11 is 10.6. The van der Waals surface area contributed by atoms with Crippen molar-refractivity contribution < 1.29 is 13.9 Å². The van der Waals surface area contributed by atoms with E-state index in [1.807, 2.05) is 0 Å². The predicted octanol–water partition coefficient (Wildman–Crippen LogP) is 3.26. The first-order valence-electron chi connectivity index (χ1n) is 3.77. The molecule has 0 unspecified atom stereocenters. The Kier molecular flexibility index (Phi) is 3.45. The SMILES string of the molecule is COc1cc(OC)cc(C(F)(Cl)Cl)c1. The third-order valence-corrected chi connectivity index (χ3v) is 2.12. The molecular formula is C9H9Cl2FO2. The number of hydrogen-bond donors (Lipinski definition) is 0. The normalized spacial score (nSPS) is 11.2. The molecule has 78 valence electrons. The average Bonchev–Trinajstić information content (AvgIpc) is 2.15. The van der Waals surface area contributed by atoms with Gasteiger partial charge in [-0.25, -0.2) is 4.39 Å². The molecule has 0 aromatic heterocycles. The van der Waals surface area contributed by atoms with Gasteiger partial charge in [0.2, 0.25) is 0 Å². The summed E-state index contributed by atoms with van der Waals surface area (Å²) in [6.45, 7) is 0. The first-order valence-corrected chi connectivity index (χ1v) is 4.53. The summed E-state index contributed by atoms with van der Waals surface area (Å²) in [6, 6.07) is 4.41. The molecule has 0 atom stereocenters. The summed E-state index contributed by atoms with van der Waals surface area (Å²) in [4.78, 5) is 0. The van der Waals surface area contributed by atoms with E-state index in [0.717, 1.165) is 0 Å². The van der Waals surface area contributed by atoms with Gasteiger partial charge in [-0.2, -0.15) is 0 Å². The molecule has 0 aliphatic rings. The predicted molar refractivity (Wildman–Crippen MR) is 54.0 cm³/mol. The van der Waals surface area contributed by atoms with Gasteiger partial charge in [-0.15, -0.1) is 0 Å². The highest BCUT2D eigenvalue weighted by molar-refractivity contribution is 6.46. The highest BCUT2D eigenvalue weighted by atomic mass is 35.5. The topological polar surface area (TPSA) is 18.5 Å². The Labute approximate surface area is 91.5 Å². The lowest BCUT2D eigenvalue weighted by atomic mass is 10.2. The largest absolute Gasteiger partial charge is 0.497 e. The van der Waals surface area contributed by atoms with E-state index in [4.69, 9.17) is 32.7 Å². The fourth-order valence-corrected chi connectivity index (χ4v) is 1.19. The molecule has 0 aliphatic heterocycles. The van der Waals surface area contributed by atoms with Gasteiger partial charge in [-0.3, -0.25) is 0 Å². The van der Waals surface area contributed by atoms with Crippen molar-refractivity contribution >= 4 is 23.2 Å². The van der Waals surface area contributed by atoms with E-state index in [1.54, 1.807) is 6.07 Å². The Morgan fingerprint density at radius 2 is 1.50 bits per heavy atom. The van der Waals surface area contributed by atoms with E-state index >= 15 is 0 Å². The van der Waals surface area contributed by atoms with Crippen LogP contribution in [0.1, 0.15) is 5.56 Å². The van der Waals surface area contributed by atoms with Crippen LogP contribution >= 0.6 is 23.2 Å². The number of rotatable bonds is 3. The van der Waals surface area contributed by atoms with Gasteiger partial charge in [0.25, 0.3) is 4.59 Å². The second kappa shape index (κ2) is 4.24. The Hall–Kier alpha value is -0.670.